The molecule has 39 heavy (non-hydrogen) atoms. The summed E-state index contributed by atoms with van der Waals surface area (Å²) < 4.78 is 9.09. The van der Waals surface area contributed by atoms with Gasteiger partial charge in [-0.2, -0.15) is 0 Å². The van der Waals surface area contributed by atoms with Gasteiger partial charge in [-0.05, 0) is 48.7 Å². The molecule has 4 N–H and O–H groups in total. The van der Waals surface area contributed by atoms with Gasteiger partial charge in [0.05, 0.1) is 18.2 Å². The Morgan fingerprint density at radius 2 is 2.03 bits per heavy atom. The fraction of sp³-hybridized carbons (Fsp3) is 0.172. The van der Waals surface area contributed by atoms with E-state index in [2.05, 4.69) is 26.8 Å². The van der Waals surface area contributed by atoms with Gasteiger partial charge in [-0.1, -0.05) is 24.8 Å². The topological polar surface area (TPSA) is 129 Å². The number of amides is 2. The highest BCUT2D eigenvalue weighted by Crippen LogP contribution is 2.31. The van der Waals surface area contributed by atoms with Gasteiger partial charge in [0, 0.05) is 49.1 Å². The molecule has 0 aliphatic heterocycles. The predicted octanol–water partition coefficient (Wildman–Crippen LogP) is 4.20. The Kier molecular flexibility index (Phi) is 7.11. The first-order valence-corrected chi connectivity index (χ1v) is 12.4. The molecule has 198 valence electrons. The summed E-state index contributed by atoms with van der Waals surface area (Å²) in [4.78, 5) is 34.2. The highest BCUT2D eigenvalue weighted by atomic mass is 16.5. The molecule has 5 rings (SSSR count). The number of carbonyl (C=O) groups excluding carboxylic acids is 2. The van der Waals surface area contributed by atoms with Crippen LogP contribution < -0.4 is 16.4 Å². The van der Waals surface area contributed by atoms with Crippen LogP contribution in [0.25, 0.3) is 27.7 Å². The van der Waals surface area contributed by atoms with Gasteiger partial charge in [-0.25, -0.2) is 9.97 Å². The van der Waals surface area contributed by atoms with E-state index < -0.39 is 6.04 Å². The van der Waals surface area contributed by atoms with Crippen LogP contribution in [0, 0.1) is 0 Å². The predicted molar refractivity (Wildman–Crippen MR) is 151 cm³/mol. The maximum atomic E-state index is 13.3. The van der Waals surface area contributed by atoms with E-state index in [1.54, 1.807) is 42.1 Å². The number of rotatable bonds is 9. The van der Waals surface area contributed by atoms with E-state index in [1.165, 1.54) is 6.08 Å². The Labute approximate surface area is 225 Å². The molecule has 2 aromatic carbocycles. The second-order valence-corrected chi connectivity index (χ2v) is 9.09. The van der Waals surface area contributed by atoms with E-state index in [9.17, 15) is 9.59 Å². The second-order valence-electron chi connectivity index (χ2n) is 9.09. The van der Waals surface area contributed by atoms with E-state index in [1.807, 2.05) is 43.5 Å². The summed E-state index contributed by atoms with van der Waals surface area (Å²) in [6.07, 6.45) is 6.53. The fourth-order valence-electron chi connectivity index (χ4n) is 4.59. The number of imidazole rings is 1. The van der Waals surface area contributed by atoms with E-state index in [4.69, 9.17) is 15.5 Å². The summed E-state index contributed by atoms with van der Waals surface area (Å²) in [5, 5.41) is 6.91. The molecule has 3 aromatic heterocycles. The summed E-state index contributed by atoms with van der Waals surface area (Å²) >= 11 is 0. The van der Waals surface area contributed by atoms with Crippen molar-refractivity contribution in [2.24, 2.45) is 0 Å². The Morgan fingerprint density at radius 3 is 2.82 bits per heavy atom. The molecule has 0 saturated carbocycles. The third-order valence-corrected chi connectivity index (χ3v) is 6.51. The molecule has 0 aliphatic carbocycles. The molecule has 3 heterocycles. The first-order chi connectivity index (χ1) is 18.9. The van der Waals surface area contributed by atoms with E-state index in [0.717, 1.165) is 10.9 Å². The Bertz CT molecular complexity index is 1700. The van der Waals surface area contributed by atoms with Gasteiger partial charge in [-0.15, -0.1) is 0 Å². The molecule has 0 spiro atoms. The van der Waals surface area contributed by atoms with Crippen LogP contribution in [-0.4, -0.2) is 44.5 Å². The molecule has 10 heteroatoms. The van der Waals surface area contributed by atoms with Crippen LogP contribution in [0.4, 0.5) is 11.5 Å². The smallest absolute Gasteiger partial charge is 0.255 e. The minimum absolute atomic E-state index is 0.257. The number of anilines is 2. The minimum atomic E-state index is -0.428. The van der Waals surface area contributed by atoms with Gasteiger partial charge in [0.1, 0.15) is 22.9 Å². The van der Waals surface area contributed by atoms with Gasteiger partial charge < -0.3 is 25.7 Å². The molecular weight excluding hydrogens is 494 g/mol. The van der Waals surface area contributed by atoms with Crippen LogP contribution in [-0.2, 0) is 16.1 Å². The minimum Gasteiger partial charge on any atom is -0.383 e. The molecule has 0 unspecified atom stereocenters. The maximum Gasteiger partial charge on any atom is 0.255 e. The number of nitrogen functional groups attached to an aromatic ring is 1. The number of benzene rings is 2. The van der Waals surface area contributed by atoms with Crippen molar-refractivity contribution in [2.45, 2.75) is 19.5 Å². The van der Waals surface area contributed by atoms with E-state index in [-0.39, 0.29) is 17.6 Å². The van der Waals surface area contributed by atoms with E-state index >= 15 is 0 Å². The Balaban J connectivity index is 1.46. The lowest BCUT2D eigenvalue weighted by atomic mass is 10.1. The number of nitrogens with one attached hydrogen (secondary N) is 2. The van der Waals surface area contributed by atoms with Crippen molar-refractivity contribution < 1.29 is 14.3 Å². The van der Waals surface area contributed by atoms with Crippen LogP contribution >= 0.6 is 0 Å². The molecule has 0 fully saturated rings. The third-order valence-electron chi connectivity index (χ3n) is 6.51. The highest BCUT2D eigenvalue weighted by Gasteiger charge is 2.21. The number of nitrogens with zero attached hydrogens (tertiary/aromatic N) is 4. The van der Waals surface area contributed by atoms with Crippen molar-refractivity contribution in [2.75, 3.05) is 24.8 Å². The van der Waals surface area contributed by atoms with Crippen molar-refractivity contribution in [3.05, 3.63) is 91.2 Å². The van der Waals surface area contributed by atoms with Crippen molar-refractivity contribution in [3.63, 3.8) is 0 Å². The first kappa shape index (κ1) is 25.7. The number of nitrogens with two attached hydrogens (primary N) is 1. The number of ether oxygens (including phenoxy) is 1. The molecule has 0 aliphatic rings. The Hall–Kier alpha value is -4.96. The number of hydrogen-bond acceptors (Lipinski definition) is 6. The molecule has 0 bridgehead atoms. The van der Waals surface area contributed by atoms with Gasteiger partial charge in [-0.3, -0.25) is 14.0 Å². The average Bonchev–Trinajstić information content (AvgIpc) is 3.54. The highest BCUT2D eigenvalue weighted by molar-refractivity contribution is 6.06. The lowest BCUT2D eigenvalue weighted by Gasteiger charge is -2.11. The zero-order valence-corrected chi connectivity index (χ0v) is 21.7. The van der Waals surface area contributed by atoms with Gasteiger partial charge in [0.25, 0.3) is 5.91 Å². The molecule has 5 aromatic rings. The molecule has 10 nitrogen and oxygen atoms in total. The number of methoxy groups -OCH3 is 1. The number of hydrogen-bond donors (Lipinski definition) is 3. The second kappa shape index (κ2) is 10.8. The summed E-state index contributed by atoms with van der Waals surface area (Å²) in [5.41, 5.74) is 10.2. The van der Waals surface area contributed by atoms with Crippen LogP contribution in [0.2, 0.25) is 0 Å². The summed E-state index contributed by atoms with van der Waals surface area (Å²) in [5.74, 6) is 0.287. The van der Waals surface area contributed by atoms with Crippen molar-refractivity contribution >= 4 is 39.7 Å². The quantitative estimate of drug-likeness (QED) is 0.249. The molecular formula is C29H29N7O3. The zero-order valence-electron chi connectivity index (χ0n) is 21.7. The van der Waals surface area contributed by atoms with Crippen molar-refractivity contribution in [3.8, 4) is 11.3 Å². The molecule has 0 radical (unpaired) electrons. The van der Waals surface area contributed by atoms with E-state index in [0.29, 0.717) is 47.0 Å². The van der Waals surface area contributed by atoms with Crippen LogP contribution in [0.5, 0.6) is 0 Å². The summed E-state index contributed by atoms with van der Waals surface area (Å²) in [6.45, 7) is 6.64. The fourth-order valence-corrected chi connectivity index (χ4v) is 4.59. The van der Waals surface area contributed by atoms with Crippen LogP contribution in [0.1, 0.15) is 29.1 Å². The average molecular weight is 524 g/mol. The first-order valence-electron chi connectivity index (χ1n) is 12.4. The third kappa shape index (κ3) is 5.10. The van der Waals surface area contributed by atoms with Crippen LogP contribution in [0.3, 0.4) is 0 Å². The van der Waals surface area contributed by atoms with Crippen molar-refractivity contribution in [1.29, 1.82) is 0 Å². The van der Waals surface area contributed by atoms with Gasteiger partial charge in [0.2, 0.25) is 5.91 Å². The summed E-state index contributed by atoms with van der Waals surface area (Å²) in [6, 6.07) is 14.6. The normalized spacial score (nSPS) is 11.9. The zero-order chi connectivity index (χ0) is 27.5. The lowest BCUT2D eigenvalue weighted by molar-refractivity contribution is -0.117. The number of fused-ring (bicyclic) bond motifs is 2. The number of aromatic nitrogens is 4. The SMILES string of the molecule is C=CC(=O)N[C@@H](C)c1nc(-c2cccc(C(=O)Nc3ccc4ccn(CCOC)c4c3)c2)c2c(N)nccn12. The molecule has 2 amide bonds. The van der Waals surface area contributed by atoms with Gasteiger partial charge >= 0.3 is 0 Å². The number of carbonyl (C=O) groups is 2. The summed E-state index contributed by atoms with van der Waals surface area (Å²) in [7, 11) is 1.67. The van der Waals surface area contributed by atoms with Crippen molar-refractivity contribution in [1.82, 2.24) is 24.3 Å². The standard InChI is InChI=1S/C29H29N7O3/c1-4-24(37)32-18(2)28-34-25(26-27(30)31-11-13-36(26)28)20-6-5-7-21(16-20)29(38)33-22-9-8-19-10-12-35(14-15-39-3)23(19)17-22/h4-13,16-18H,1,14-15H2,2-3H3,(H2,30,31)(H,32,37)(H,33,38)/t18-/m0/s1. The molecule has 0 saturated heterocycles. The molecule has 1 atom stereocenters. The largest absolute Gasteiger partial charge is 0.383 e. The van der Waals surface area contributed by atoms with Crippen LogP contribution in [0.15, 0.2) is 79.8 Å². The maximum absolute atomic E-state index is 13.3. The van der Waals surface area contributed by atoms with Gasteiger partial charge in [0.15, 0.2) is 0 Å². The lowest BCUT2D eigenvalue weighted by Crippen LogP contribution is -2.26. The Morgan fingerprint density at radius 1 is 1.18 bits per heavy atom. The monoisotopic (exact) mass is 523 g/mol.